The maximum Gasteiger partial charge on any atom is 0.387 e. The third kappa shape index (κ3) is 2.84. The Hall–Kier alpha value is -1.57. The lowest BCUT2D eigenvalue weighted by Gasteiger charge is -2.20. The molecule has 1 aliphatic heterocycles. The van der Waals surface area contributed by atoms with Gasteiger partial charge in [0.1, 0.15) is 18.1 Å². The van der Waals surface area contributed by atoms with Crippen LogP contribution >= 0.6 is 27.5 Å². The maximum atomic E-state index is 12.8. The van der Waals surface area contributed by atoms with Gasteiger partial charge in [-0.25, -0.2) is 4.57 Å². The quantitative estimate of drug-likeness (QED) is 0.743. The highest BCUT2D eigenvalue weighted by molar-refractivity contribution is 9.10. The molecule has 25 heavy (non-hydrogen) atoms. The molecule has 1 saturated carbocycles. The van der Waals surface area contributed by atoms with Crippen LogP contribution in [0.1, 0.15) is 23.9 Å². The van der Waals surface area contributed by atoms with E-state index in [0.717, 1.165) is 0 Å². The smallest absolute Gasteiger partial charge is 0.387 e. The second kappa shape index (κ2) is 6.30. The first-order valence-corrected chi connectivity index (χ1v) is 8.83. The molecule has 1 unspecified atom stereocenters. The van der Waals surface area contributed by atoms with Gasteiger partial charge < -0.3 is 9.84 Å². The highest BCUT2D eigenvalue weighted by Crippen LogP contribution is 2.48. The first-order chi connectivity index (χ1) is 12.0. The number of aromatic nitrogens is 1. The molecule has 0 radical (unpaired) electrons. The number of ether oxygens (including phenoxy) is 1. The standard InChI is InChI=1S/C17H13BrClF2N2O2/c18-10-2-1-3-12(25-17(20)21)14(10)9-6-11(24)15-16(9)23-7-8(19)4-5-13(23)22-15/h1-5,7,9,11,16-17,24H,6H2/q+1/t9-,11+,16?/m1/s1. The minimum absolute atomic E-state index is 0.0962. The Labute approximate surface area is 155 Å². The lowest BCUT2D eigenvalue weighted by molar-refractivity contribution is -0.691. The number of pyridine rings is 1. The van der Waals surface area contributed by atoms with E-state index in [9.17, 15) is 13.9 Å². The summed E-state index contributed by atoms with van der Waals surface area (Å²) in [4.78, 5) is 4.50. The van der Waals surface area contributed by atoms with Crippen LogP contribution < -0.4 is 9.30 Å². The molecule has 2 aliphatic rings. The van der Waals surface area contributed by atoms with Crippen LogP contribution in [0.25, 0.3) is 0 Å². The molecule has 1 aromatic carbocycles. The average Bonchev–Trinajstić information content (AvgIpc) is 3.05. The normalized spacial score (nSPS) is 24.2. The zero-order valence-electron chi connectivity index (χ0n) is 12.7. The number of hydrogen-bond acceptors (Lipinski definition) is 3. The number of aliphatic hydroxyl groups is 1. The Morgan fingerprint density at radius 2 is 2.12 bits per heavy atom. The molecular weight excluding hydrogens is 418 g/mol. The summed E-state index contributed by atoms with van der Waals surface area (Å²) in [5.41, 5.74) is 1.21. The van der Waals surface area contributed by atoms with E-state index in [1.807, 2.05) is 4.57 Å². The van der Waals surface area contributed by atoms with Crippen LogP contribution in [0.4, 0.5) is 14.6 Å². The van der Waals surface area contributed by atoms with E-state index in [1.54, 1.807) is 30.5 Å². The fourth-order valence-corrected chi connectivity index (χ4v) is 4.46. The fourth-order valence-electron chi connectivity index (χ4n) is 3.65. The molecule has 8 heteroatoms. The minimum Gasteiger partial charge on any atom is -0.434 e. The zero-order valence-corrected chi connectivity index (χ0v) is 15.1. The maximum absolute atomic E-state index is 12.8. The van der Waals surface area contributed by atoms with Crippen LogP contribution in [0.5, 0.6) is 5.75 Å². The van der Waals surface area contributed by atoms with Gasteiger partial charge >= 0.3 is 12.4 Å². The van der Waals surface area contributed by atoms with Gasteiger partial charge in [0, 0.05) is 22.0 Å². The summed E-state index contributed by atoms with van der Waals surface area (Å²) in [6.07, 6.45) is 1.36. The van der Waals surface area contributed by atoms with Gasteiger partial charge in [-0.3, -0.25) is 0 Å². The van der Waals surface area contributed by atoms with Crippen molar-refractivity contribution in [1.29, 1.82) is 0 Å². The van der Waals surface area contributed by atoms with Gasteiger partial charge in [0.25, 0.3) is 0 Å². The van der Waals surface area contributed by atoms with Crippen LogP contribution in [0.3, 0.4) is 0 Å². The number of halogens is 4. The van der Waals surface area contributed by atoms with Crippen molar-refractivity contribution in [1.82, 2.24) is 0 Å². The molecule has 130 valence electrons. The SMILES string of the molecule is O[C@H]1C[C@H](c2c(Br)cccc2OC(F)F)C2C1=Nc1ccc(Cl)c[n+]12. The number of fused-ring (bicyclic) bond motifs is 3. The van der Waals surface area contributed by atoms with Gasteiger partial charge in [-0.2, -0.15) is 8.78 Å². The third-order valence-electron chi connectivity index (χ3n) is 4.56. The van der Waals surface area contributed by atoms with Gasteiger partial charge in [0.15, 0.2) is 6.04 Å². The number of rotatable bonds is 3. The summed E-state index contributed by atoms with van der Waals surface area (Å²) in [7, 11) is 0. The molecular formula is C17H13BrClF2N2O2+. The van der Waals surface area contributed by atoms with Gasteiger partial charge in [-0.1, -0.05) is 33.6 Å². The van der Waals surface area contributed by atoms with E-state index < -0.39 is 12.7 Å². The molecule has 1 N–H and O–H groups in total. The second-order valence-corrected chi connectivity index (χ2v) is 7.27. The van der Waals surface area contributed by atoms with Gasteiger partial charge in [-0.15, -0.1) is 0 Å². The average molecular weight is 431 g/mol. The van der Waals surface area contributed by atoms with E-state index >= 15 is 0 Å². The number of alkyl halides is 2. The number of nitrogens with zero attached hydrogens (tertiary/aromatic N) is 2. The van der Waals surface area contributed by atoms with Crippen LogP contribution in [-0.2, 0) is 0 Å². The van der Waals surface area contributed by atoms with Crippen LogP contribution in [0.15, 0.2) is 46.0 Å². The summed E-state index contributed by atoms with van der Waals surface area (Å²) in [6.45, 7) is -2.93. The topological polar surface area (TPSA) is 45.7 Å². The highest BCUT2D eigenvalue weighted by Gasteiger charge is 2.53. The molecule has 1 aliphatic carbocycles. The predicted molar refractivity (Wildman–Crippen MR) is 91.9 cm³/mol. The second-order valence-electron chi connectivity index (χ2n) is 5.98. The number of hydrogen-bond donors (Lipinski definition) is 1. The Bertz CT molecular complexity index is 878. The summed E-state index contributed by atoms with van der Waals surface area (Å²) in [5, 5.41) is 11.0. The predicted octanol–water partition coefficient (Wildman–Crippen LogP) is 4.17. The largest absolute Gasteiger partial charge is 0.434 e. The molecule has 2 aromatic rings. The molecule has 1 aromatic heterocycles. The van der Waals surface area contributed by atoms with E-state index in [-0.39, 0.29) is 17.7 Å². The zero-order chi connectivity index (χ0) is 17.7. The molecule has 4 nitrogen and oxygen atoms in total. The molecule has 0 spiro atoms. The van der Waals surface area contributed by atoms with E-state index in [2.05, 4.69) is 20.9 Å². The van der Waals surface area contributed by atoms with Crippen molar-refractivity contribution >= 4 is 39.1 Å². The summed E-state index contributed by atoms with van der Waals surface area (Å²) in [6, 6.07) is 8.12. The van der Waals surface area contributed by atoms with Gasteiger partial charge in [0.05, 0.1) is 5.02 Å². The summed E-state index contributed by atoms with van der Waals surface area (Å²) in [5.74, 6) is 0.498. The van der Waals surface area contributed by atoms with Crippen LogP contribution in [0.2, 0.25) is 5.02 Å². The van der Waals surface area contributed by atoms with E-state index in [1.165, 1.54) is 6.07 Å². The third-order valence-corrected chi connectivity index (χ3v) is 5.48. The lowest BCUT2D eigenvalue weighted by Crippen LogP contribution is -2.41. The van der Waals surface area contributed by atoms with Crippen molar-refractivity contribution in [2.75, 3.05) is 0 Å². The highest BCUT2D eigenvalue weighted by atomic mass is 79.9. The molecule has 0 saturated heterocycles. The lowest BCUT2D eigenvalue weighted by atomic mass is 9.92. The van der Waals surface area contributed by atoms with Crippen LogP contribution in [0, 0.1) is 0 Å². The molecule has 2 heterocycles. The van der Waals surface area contributed by atoms with Crippen molar-refractivity contribution in [3.05, 3.63) is 51.6 Å². The van der Waals surface area contributed by atoms with Crippen molar-refractivity contribution in [2.45, 2.75) is 31.1 Å². The first-order valence-electron chi connectivity index (χ1n) is 7.66. The van der Waals surface area contributed by atoms with Crippen molar-refractivity contribution in [3.63, 3.8) is 0 Å². The van der Waals surface area contributed by atoms with Crippen molar-refractivity contribution in [3.8, 4) is 5.75 Å². The summed E-state index contributed by atoms with van der Waals surface area (Å²) < 4.78 is 32.9. The monoisotopic (exact) mass is 429 g/mol. The number of benzene rings is 1. The number of aliphatic imine (C=N–C) groups is 1. The van der Waals surface area contributed by atoms with Crippen molar-refractivity contribution < 1.29 is 23.2 Å². The molecule has 4 rings (SSSR count). The van der Waals surface area contributed by atoms with E-state index in [0.29, 0.717) is 33.0 Å². The van der Waals surface area contributed by atoms with Gasteiger partial charge in [-0.05, 0) is 29.6 Å². The Morgan fingerprint density at radius 1 is 1.32 bits per heavy atom. The fraction of sp³-hybridized carbons (Fsp3) is 0.294. The Morgan fingerprint density at radius 3 is 2.88 bits per heavy atom. The molecule has 1 fully saturated rings. The molecule has 0 amide bonds. The molecule has 0 bridgehead atoms. The Balaban J connectivity index is 1.84. The van der Waals surface area contributed by atoms with Crippen LogP contribution in [-0.4, -0.2) is 23.5 Å². The Kier molecular flexibility index (Phi) is 4.25. The number of aliphatic hydroxyl groups excluding tert-OH is 1. The first kappa shape index (κ1) is 16.9. The van der Waals surface area contributed by atoms with Gasteiger partial charge in [0.2, 0.25) is 5.71 Å². The minimum atomic E-state index is -2.93. The van der Waals surface area contributed by atoms with E-state index in [4.69, 9.17) is 16.3 Å². The summed E-state index contributed by atoms with van der Waals surface area (Å²) >= 11 is 9.54. The molecule has 3 atom stereocenters. The van der Waals surface area contributed by atoms with Crippen molar-refractivity contribution in [2.24, 2.45) is 4.99 Å².